The van der Waals surface area contributed by atoms with Crippen molar-refractivity contribution < 1.29 is 14.3 Å². The maximum absolute atomic E-state index is 13.6. The Labute approximate surface area is 211 Å². The van der Waals surface area contributed by atoms with Crippen LogP contribution in [0.5, 0.6) is 0 Å². The van der Waals surface area contributed by atoms with E-state index in [-0.39, 0.29) is 11.9 Å². The Kier molecular flexibility index (Phi) is 7.29. The third-order valence-electron chi connectivity index (χ3n) is 6.00. The van der Waals surface area contributed by atoms with Gasteiger partial charge in [-0.25, -0.2) is 9.48 Å². The Morgan fingerprint density at radius 3 is 2.39 bits per heavy atom. The Morgan fingerprint density at radius 1 is 0.972 bits per heavy atom. The first-order chi connectivity index (χ1) is 17.3. The van der Waals surface area contributed by atoms with Crippen molar-refractivity contribution in [3.8, 4) is 11.1 Å². The van der Waals surface area contributed by atoms with Crippen LogP contribution in [0.3, 0.4) is 0 Å². The first-order valence-corrected chi connectivity index (χ1v) is 11.9. The van der Waals surface area contributed by atoms with Crippen LogP contribution in [0.1, 0.15) is 58.3 Å². The summed E-state index contributed by atoms with van der Waals surface area (Å²) in [4.78, 5) is 25.6. The molecule has 3 aromatic carbocycles. The molecule has 7 nitrogen and oxygen atoms in total. The molecule has 0 spiro atoms. The number of amides is 1. The molecule has 36 heavy (non-hydrogen) atoms. The zero-order valence-electron chi connectivity index (χ0n) is 21.0. The van der Waals surface area contributed by atoms with Crippen LogP contribution < -0.4 is 5.32 Å². The molecule has 0 aliphatic carbocycles. The average molecular weight is 483 g/mol. The van der Waals surface area contributed by atoms with E-state index >= 15 is 0 Å². The smallest absolute Gasteiger partial charge is 0.338 e. The van der Waals surface area contributed by atoms with Crippen LogP contribution in [-0.4, -0.2) is 33.5 Å². The second kappa shape index (κ2) is 10.6. The molecule has 0 unspecified atom stereocenters. The summed E-state index contributed by atoms with van der Waals surface area (Å²) in [6.45, 7) is 8.42. The highest BCUT2D eigenvalue weighted by atomic mass is 16.5. The summed E-state index contributed by atoms with van der Waals surface area (Å²) < 4.78 is 6.84. The Balaban J connectivity index is 1.56. The molecule has 4 rings (SSSR count). The number of hydrogen-bond acceptors (Lipinski definition) is 5. The van der Waals surface area contributed by atoms with Gasteiger partial charge in [0.25, 0.3) is 5.91 Å². The lowest BCUT2D eigenvalue weighted by atomic mass is 9.93. The van der Waals surface area contributed by atoms with E-state index in [0.717, 1.165) is 22.3 Å². The van der Waals surface area contributed by atoms with Crippen LogP contribution >= 0.6 is 0 Å². The van der Waals surface area contributed by atoms with Crippen molar-refractivity contribution in [3.05, 3.63) is 107 Å². The van der Waals surface area contributed by atoms with Gasteiger partial charge in [0.1, 0.15) is 5.69 Å². The summed E-state index contributed by atoms with van der Waals surface area (Å²) >= 11 is 0. The molecule has 1 amide bonds. The van der Waals surface area contributed by atoms with Crippen LogP contribution in [0, 0.1) is 6.92 Å². The van der Waals surface area contributed by atoms with Crippen LogP contribution in [0.2, 0.25) is 0 Å². The highest BCUT2D eigenvalue weighted by molar-refractivity contribution is 6.02. The molecule has 0 saturated carbocycles. The predicted octanol–water partition coefficient (Wildman–Crippen LogP) is 5.14. The maximum atomic E-state index is 13.6. The van der Waals surface area contributed by atoms with Gasteiger partial charge >= 0.3 is 5.97 Å². The number of esters is 1. The van der Waals surface area contributed by atoms with Crippen LogP contribution in [-0.2, 0) is 16.8 Å². The summed E-state index contributed by atoms with van der Waals surface area (Å²) in [5.41, 5.74) is 4.55. The summed E-state index contributed by atoms with van der Waals surface area (Å²) in [5.74, 6) is -0.575. The van der Waals surface area contributed by atoms with E-state index < -0.39 is 5.54 Å². The summed E-state index contributed by atoms with van der Waals surface area (Å²) in [5, 5.41) is 11.7. The Morgan fingerprint density at radius 2 is 1.69 bits per heavy atom. The molecule has 0 atom stereocenters. The van der Waals surface area contributed by atoms with Gasteiger partial charge in [-0.3, -0.25) is 4.79 Å². The maximum Gasteiger partial charge on any atom is 0.338 e. The van der Waals surface area contributed by atoms with E-state index in [1.165, 1.54) is 0 Å². The SMILES string of the molecule is CCOC(=O)c1ccc(-c2cccc(C)c2C(=O)NC(C)(C)c2cn(Cc3ccccc3)nn2)cc1. The average Bonchev–Trinajstić information content (AvgIpc) is 3.34. The number of carbonyl (C=O) groups excluding carboxylic acids is 2. The molecule has 4 aromatic rings. The van der Waals surface area contributed by atoms with Gasteiger partial charge in [0.2, 0.25) is 0 Å². The van der Waals surface area contributed by atoms with Crippen molar-refractivity contribution in [2.24, 2.45) is 0 Å². The van der Waals surface area contributed by atoms with Gasteiger partial charge in [0.15, 0.2) is 0 Å². The molecular weight excluding hydrogens is 452 g/mol. The zero-order chi connectivity index (χ0) is 25.7. The zero-order valence-corrected chi connectivity index (χ0v) is 21.0. The lowest BCUT2D eigenvalue weighted by Gasteiger charge is -2.25. The minimum atomic E-state index is -0.751. The summed E-state index contributed by atoms with van der Waals surface area (Å²) in [6.07, 6.45) is 1.86. The molecule has 0 aliphatic rings. The number of carbonyl (C=O) groups is 2. The van der Waals surface area contributed by atoms with Gasteiger partial charge < -0.3 is 10.1 Å². The van der Waals surface area contributed by atoms with Crippen molar-refractivity contribution in [1.29, 1.82) is 0 Å². The Hall–Kier alpha value is -4.26. The van der Waals surface area contributed by atoms with Crippen molar-refractivity contribution in [2.75, 3.05) is 6.61 Å². The van der Waals surface area contributed by atoms with E-state index in [1.54, 1.807) is 23.7 Å². The molecule has 0 fully saturated rings. The van der Waals surface area contributed by atoms with Gasteiger partial charge in [0, 0.05) is 0 Å². The highest BCUT2D eigenvalue weighted by Crippen LogP contribution is 2.28. The lowest BCUT2D eigenvalue weighted by Crippen LogP contribution is -2.41. The third-order valence-corrected chi connectivity index (χ3v) is 6.00. The quantitative estimate of drug-likeness (QED) is 0.351. The van der Waals surface area contributed by atoms with Gasteiger partial charge in [-0.05, 0) is 62.1 Å². The van der Waals surface area contributed by atoms with Crippen LogP contribution in [0.25, 0.3) is 11.1 Å². The summed E-state index contributed by atoms with van der Waals surface area (Å²) in [7, 11) is 0. The first kappa shape index (κ1) is 24.9. The van der Waals surface area contributed by atoms with Crippen LogP contribution in [0.4, 0.5) is 0 Å². The predicted molar refractivity (Wildman–Crippen MR) is 139 cm³/mol. The molecule has 0 aliphatic heterocycles. The summed E-state index contributed by atoms with van der Waals surface area (Å²) in [6, 6.07) is 22.8. The standard InChI is InChI=1S/C29H30N4O3/c1-5-36-28(35)23-16-14-22(15-17-23)24-13-9-10-20(2)26(24)27(34)30-29(3,4)25-19-33(32-31-25)18-21-11-7-6-8-12-21/h6-17,19H,5,18H2,1-4H3,(H,30,34). The molecule has 1 N–H and O–H groups in total. The number of nitrogens with zero attached hydrogens (tertiary/aromatic N) is 3. The second-order valence-electron chi connectivity index (χ2n) is 9.16. The topological polar surface area (TPSA) is 86.1 Å². The van der Waals surface area contributed by atoms with Crippen molar-refractivity contribution in [1.82, 2.24) is 20.3 Å². The van der Waals surface area contributed by atoms with Crippen LogP contribution in [0.15, 0.2) is 79.0 Å². The molecule has 7 heteroatoms. The van der Waals surface area contributed by atoms with Gasteiger partial charge in [-0.2, -0.15) is 0 Å². The fourth-order valence-corrected chi connectivity index (χ4v) is 4.05. The van der Waals surface area contributed by atoms with Crippen molar-refractivity contribution >= 4 is 11.9 Å². The fourth-order valence-electron chi connectivity index (χ4n) is 4.05. The van der Waals surface area contributed by atoms with E-state index in [4.69, 9.17) is 4.74 Å². The number of rotatable bonds is 8. The molecule has 1 heterocycles. The number of benzene rings is 3. The van der Waals surface area contributed by atoms with Crippen molar-refractivity contribution in [3.63, 3.8) is 0 Å². The van der Waals surface area contributed by atoms with E-state index in [2.05, 4.69) is 15.6 Å². The van der Waals surface area contributed by atoms with E-state index in [9.17, 15) is 9.59 Å². The van der Waals surface area contributed by atoms with Gasteiger partial charge in [-0.15, -0.1) is 5.10 Å². The molecule has 1 aromatic heterocycles. The monoisotopic (exact) mass is 482 g/mol. The number of aromatic nitrogens is 3. The van der Waals surface area contributed by atoms with Gasteiger partial charge in [0.05, 0.1) is 36.0 Å². The fraction of sp³-hybridized carbons (Fsp3) is 0.241. The highest BCUT2D eigenvalue weighted by Gasteiger charge is 2.28. The minimum Gasteiger partial charge on any atom is -0.462 e. The molecular formula is C29H30N4O3. The second-order valence-corrected chi connectivity index (χ2v) is 9.16. The number of ether oxygens (including phenoxy) is 1. The molecule has 184 valence electrons. The van der Waals surface area contributed by atoms with E-state index in [1.807, 2.05) is 87.6 Å². The third kappa shape index (κ3) is 5.51. The number of aryl methyl sites for hydroxylation is 1. The molecule has 0 bridgehead atoms. The minimum absolute atomic E-state index is 0.208. The number of hydrogen-bond donors (Lipinski definition) is 1. The molecule has 0 radical (unpaired) electrons. The molecule has 0 saturated heterocycles. The van der Waals surface area contributed by atoms with Crippen molar-refractivity contribution in [2.45, 2.75) is 39.8 Å². The largest absolute Gasteiger partial charge is 0.462 e. The number of nitrogens with one attached hydrogen (secondary N) is 1. The Bertz CT molecular complexity index is 1360. The normalized spacial score (nSPS) is 11.2. The first-order valence-electron chi connectivity index (χ1n) is 11.9. The lowest BCUT2D eigenvalue weighted by molar-refractivity contribution is 0.0526. The van der Waals surface area contributed by atoms with E-state index in [0.29, 0.717) is 30.0 Å². The van der Waals surface area contributed by atoms with Gasteiger partial charge in [-0.1, -0.05) is 65.9 Å².